The van der Waals surface area contributed by atoms with Crippen LogP contribution in [-0.4, -0.2) is 37.1 Å². The van der Waals surface area contributed by atoms with Crippen LogP contribution in [0.1, 0.15) is 0 Å². The van der Waals surface area contributed by atoms with Crippen molar-refractivity contribution in [3.63, 3.8) is 0 Å². The SMILES string of the molecule is CN1c2ccc([N+](=O)[O-])cc2N(CC(F)(F)F)C1C=O. The maximum absolute atomic E-state index is 12.6. The van der Waals surface area contributed by atoms with Gasteiger partial charge in [-0.2, -0.15) is 13.2 Å². The van der Waals surface area contributed by atoms with E-state index in [0.29, 0.717) is 12.0 Å². The van der Waals surface area contributed by atoms with Gasteiger partial charge < -0.3 is 9.80 Å². The molecule has 0 amide bonds. The van der Waals surface area contributed by atoms with Crippen LogP contribution in [0, 0.1) is 10.1 Å². The van der Waals surface area contributed by atoms with Crippen molar-refractivity contribution in [1.29, 1.82) is 0 Å². The molecule has 0 aromatic heterocycles. The Morgan fingerprint density at radius 2 is 2.05 bits per heavy atom. The molecule has 1 aliphatic rings. The Hall–Kier alpha value is -2.32. The summed E-state index contributed by atoms with van der Waals surface area (Å²) in [6.45, 7) is -1.35. The topological polar surface area (TPSA) is 66.7 Å². The van der Waals surface area contributed by atoms with E-state index in [4.69, 9.17) is 0 Å². The molecule has 1 aromatic rings. The van der Waals surface area contributed by atoms with Gasteiger partial charge in [-0.05, 0) is 6.07 Å². The first-order chi connectivity index (χ1) is 9.24. The van der Waals surface area contributed by atoms with E-state index in [0.717, 1.165) is 11.0 Å². The number of nitrogens with zero attached hydrogens (tertiary/aromatic N) is 3. The lowest BCUT2D eigenvalue weighted by molar-refractivity contribution is -0.384. The fraction of sp³-hybridized carbons (Fsp3) is 0.364. The Labute approximate surface area is 111 Å². The lowest BCUT2D eigenvalue weighted by Gasteiger charge is -2.26. The fourth-order valence-electron chi connectivity index (χ4n) is 2.18. The minimum absolute atomic E-state index is 0.0242. The highest BCUT2D eigenvalue weighted by Gasteiger charge is 2.41. The summed E-state index contributed by atoms with van der Waals surface area (Å²) in [5.41, 5.74) is 0.0453. The Morgan fingerprint density at radius 1 is 1.40 bits per heavy atom. The van der Waals surface area contributed by atoms with Gasteiger partial charge in [0.25, 0.3) is 5.69 Å². The third-order valence-corrected chi connectivity index (χ3v) is 3.05. The van der Waals surface area contributed by atoms with Gasteiger partial charge in [-0.3, -0.25) is 14.9 Å². The molecule has 0 aliphatic carbocycles. The Kier molecular flexibility index (Phi) is 3.28. The van der Waals surface area contributed by atoms with Crippen LogP contribution in [0.4, 0.5) is 30.2 Å². The van der Waals surface area contributed by atoms with Gasteiger partial charge in [0.2, 0.25) is 0 Å². The molecule has 9 heteroatoms. The molecule has 0 spiro atoms. The number of hydrogen-bond donors (Lipinski definition) is 0. The molecule has 0 N–H and O–H groups in total. The molecule has 1 unspecified atom stereocenters. The average Bonchev–Trinajstić information content (AvgIpc) is 2.60. The van der Waals surface area contributed by atoms with Gasteiger partial charge in [0.15, 0.2) is 12.5 Å². The molecule has 1 heterocycles. The second-order valence-electron chi connectivity index (χ2n) is 4.33. The van der Waals surface area contributed by atoms with Crippen LogP contribution in [0.2, 0.25) is 0 Å². The van der Waals surface area contributed by atoms with E-state index in [-0.39, 0.29) is 11.4 Å². The van der Waals surface area contributed by atoms with Crippen LogP contribution in [-0.2, 0) is 4.79 Å². The third-order valence-electron chi connectivity index (χ3n) is 3.05. The molecule has 1 aromatic carbocycles. The van der Waals surface area contributed by atoms with E-state index >= 15 is 0 Å². The summed E-state index contributed by atoms with van der Waals surface area (Å²) in [7, 11) is 1.46. The van der Waals surface area contributed by atoms with Gasteiger partial charge in [-0.15, -0.1) is 0 Å². The van der Waals surface area contributed by atoms with Crippen molar-refractivity contribution in [3.8, 4) is 0 Å². The van der Waals surface area contributed by atoms with Crippen LogP contribution < -0.4 is 9.80 Å². The molecular weight excluding hydrogens is 279 g/mol. The number of fused-ring (bicyclic) bond motifs is 1. The fourth-order valence-corrected chi connectivity index (χ4v) is 2.18. The van der Waals surface area contributed by atoms with E-state index in [1.165, 1.54) is 24.1 Å². The van der Waals surface area contributed by atoms with E-state index in [1.807, 2.05) is 0 Å². The molecule has 1 aliphatic heterocycles. The lowest BCUT2D eigenvalue weighted by atomic mass is 10.2. The number of likely N-dealkylation sites (N-methyl/N-ethyl adjacent to an activating group) is 1. The predicted octanol–water partition coefficient (Wildman–Crippen LogP) is 1.94. The van der Waals surface area contributed by atoms with E-state index < -0.39 is 23.8 Å². The van der Waals surface area contributed by atoms with Crippen molar-refractivity contribution in [2.75, 3.05) is 23.4 Å². The summed E-state index contributed by atoms with van der Waals surface area (Å²) >= 11 is 0. The van der Waals surface area contributed by atoms with Gasteiger partial charge in [0.05, 0.1) is 16.3 Å². The number of hydrogen-bond acceptors (Lipinski definition) is 5. The second-order valence-corrected chi connectivity index (χ2v) is 4.33. The van der Waals surface area contributed by atoms with Crippen molar-refractivity contribution in [3.05, 3.63) is 28.3 Å². The Bertz CT molecular complexity index is 562. The van der Waals surface area contributed by atoms with Gasteiger partial charge >= 0.3 is 6.18 Å². The zero-order valence-electron chi connectivity index (χ0n) is 10.3. The van der Waals surface area contributed by atoms with Crippen molar-refractivity contribution < 1.29 is 22.9 Å². The maximum Gasteiger partial charge on any atom is 0.406 e. The maximum atomic E-state index is 12.6. The van der Waals surface area contributed by atoms with Crippen molar-refractivity contribution in [1.82, 2.24) is 0 Å². The number of non-ortho nitro benzene ring substituents is 1. The minimum atomic E-state index is -4.52. The number of nitro benzene ring substituents is 1. The summed E-state index contributed by atoms with van der Waals surface area (Å²) in [6.07, 6.45) is -5.28. The van der Waals surface area contributed by atoms with E-state index in [2.05, 4.69) is 0 Å². The third kappa shape index (κ3) is 2.38. The summed E-state index contributed by atoms with van der Waals surface area (Å²) in [5.74, 6) is 0. The zero-order valence-corrected chi connectivity index (χ0v) is 10.3. The van der Waals surface area contributed by atoms with E-state index in [9.17, 15) is 28.1 Å². The quantitative estimate of drug-likeness (QED) is 0.483. The normalized spacial score (nSPS) is 18.1. The molecule has 1 atom stereocenters. The standard InChI is InChI=1S/C11H10F3N3O3/c1-15-8-3-2-7(17(19)20)4-9(8)16(10(15)5-18)6-11(12,13)14/h2-5,10H,6H2,1H3. The average molecular weight is 289 g/mol. The first-order valence-electron chi connectivity index (χ1n) is 5.54. The molecule has 0 radical (unpaired) electrons. The monoisotopic (exact) mass is 289 g/mol. The number of carbonyl (C=O) groups is 1. The van der Waals surface area contributed by atoms with Gasteiger partial charge in [-0.1, -0.05) is 0 Å². The van der Waals surface area contributed by atoms with Crippen LogP contribution in [0.15, 0.2) is 18.2 Å². The summed E-state index contributed by atoms with van der Waals surface area (Å²) in [6, 6.07) is 3.57. The van der Waals surface area contributed by atoms with Gasteiger partial charge in [-0.25, -0.2) is 0 Å². The Balaban J connectivity index is 2.49. The largest absolute Gasteiger partial charge is 0.406 e. The molecule has 2 rings (SSSR count). The number of rotatable bonds is 3. The van der Waals surface area contributed by atoms with Gasteiger partial charge in [0, 0.05) is 19.2 Å². The highest BCUT2D eigenvalue weighted by Crippen LogP contribution is 2.41. The number of carbonyl (C=O) groups excluding carboxylic acids is 1. The molecule has 108 valence electrons. The number of nitro groups is 1. The highest BCUT2D eigenvalue weighted by molar-refractivity contribution is 5.86. The lowest BCUT2D eigenvalue weighted by Crippen LogP contribution is -2.46. The van der Waals surface area contributed by atoms with Crippen molar-refractivity contribution in [2.24, 2.45) is 0 Å². The van der Waals surface area contributed by atoms with Crippen LogP contribution in [0.3, 0.4) is 0 Å². The summed E-state index contributed by atoms with van der Waals surface area (Å²) in [4.78, 5) is 23.2. The van der Waals surface area contributed by atoms with Crippen LogP contribution in [0.5, 0.6) is 0 Å². The molecule has 0 saturated heterocycles. The molecule has 20 heavy (non-hydrogen) atoms. The number of aldehydes is 1. The first kappa shape index (κ1) is 14.1. The molecular formula is C11H10F3N3O3. The molecule has 0 saturated carbocycles. The number of alkyl halides is 3. The molecule has 0 fully saturated rings. The smallest absolute Gasteiger partial charge is 0.347 e. The Morgan fingerprint density at radius 3 is 2.55 bits per heavy atom. The second kappa shape index (κ2) is 4.66. The summed E-state index contributed by atoms with van der Waals surface area (Å²) in [5, 5.41) is 10.7. The number of anilines is 2. The van der Waals surface area contributed by atoms with Crippen LogP contribution >= 0.6 is 0 Å². The minimum Gasteiger partial charge on any atom is -0.347 e. The van der Waals surface area contributed by atoms with Crippen molar-refractivity contribution >= 4 is 23.3 Å². The predicted molar refractivity (Wildman–Crippen MR) is 64.8 cm³/mol. The number of benzene rings is 1. The van der Waals surface area contributed by atoms with E-state index in [1.54, 1.807) is 0 Å². The highest BCUT2D eigenvalue weighted by atomic mass is 19.4. The van der Waals surface area contributed by atoms with Crippen LogP contribution in [0.25, 0.3) is 0 Å². The van der Waals surface area contributed by atoms with Gasteiger partial charge in [0.1, 0.15) is 6.54 Å². The van der Waals surface area contributed by atoms with Crippen molar-refractivity contribution in [2.45, 2.75) is 12.3 Å². The zero-order chi connectivity index (χ0) is 15.1. The summed E-state index contributed by atoms with van der Waals surface area (Å²) < 4.78 is 37.8. The first-order valence-corrected chi connectivity index (χ1v) is 5.54. The molecule has 6 nitrogen and oxygen atoms in total. The number of halogens is 3. The molecule has 0 bridgehead atoms.